The van der Waals surface area contributed by atoms with E-state index in [1.165, 1.54) is 77.7 Å². The van der Waals surface area contributed by atoms with E-state index >= 15 is 0 Å². The van der Waals surface area contributed by atoms with Crippen LogP contribution in [-0.4, -0.2) is 43.5 Å². The number of amides is 1. The van der Waals surface area contributed by atoms with Gasteiger partial charge in [-0.1, -0.05) is 70.6 Å². The van der Waals surface area contributed by atoms with Crippen molar-refractivity contribution in [2.45, 2.75) is 103 Å². The molecule has 0 saturated carbocycles. The second-order valence-electron chi connectivity index (χ2n) is 9.43. The maximum atomic E-state index is 12.4. The predicted molar refractivity (Wildman–Crippen MR) is 137 cm³/mol. The lowest BCUT2D eigenvalue weighted by molar-refractivity contribution is -0.140. The molecule has 0 unspecified atom stereocenters. The summed E-state index contributed by atoms with van der Waals surface area (Å²) < 4.78 is 4.66. The van der Waals surface area contributed by atoms with Crippen LogP contribution in [0.1, 0.15) is 113 Å². The maximum absolute atomic E-state index is 12.4. The van der Waals surface area contributed by atoms with Gasteiger partial charge in [-0.2, -0.15) is 0 Å². The van der Waals surface area contributed by atoms with Gasteiger partial charge in [-0.25, -0.2) is 0 Å². The van der Waals surface area contributed by atoms with Gasteiger partial charge in [-0.3, -0.25) is 9.59 Å². The minimum atomic E-state index is -0.0806. The van der Waals surface area contributed by atoms with Gasteiger partial charge < -0.3 is 15.0 Å². The zero-order valence-corrected chi connectivity index (χ0v) is 20.9. The summed E-state index contributed by atoms with van der Waals surface area (Å²) in [6.45, 7) is 2.80. The molecule has 1 aliphatic heterocycles. The van der Waals surface area contributed by atoms with Crippen molar-refractivity contribution in [3.63, 3.8) is 0 Å². The molecule has 1 fully saturated rings. The number of carbonyl (C=O) groups is 2. The van der Waals surface area contributed by atoms with Crippen LogP contribution in [0.3, 0.4) is 0 Å². The van der Waals surface area contributed by atoms with Crippen LogP contribution < -0.4 is 5.32 Å². The highest BCUT2D eigenvalue weighted by atomic mass is 16.5. The highest BCUT2D eigenvalue weighted by Gasteiger charge is 2.19. The zero-order valence-electron chi connectivity index (χ0n) is 20.9. The number of ether oxygens (including phenoxy) is 1. The molecule has 1 aromatic rings. The summed E-state index contributed by atoms with van der Waals surface area (Å²) in [5, 5.41) is 3.48. The quantitative estimate of drug-likeness (QED) is 0.191. The average molecular weight is 459 g/mol. The number of unbranched alkanes of at least 4 members (excludes halogenated alkanes) is 12. The Hall–Kier alpha value is -2.04. The number of nitrogens with zero attached hydrogens (tertiary/aromatic N) is 1. The Labute approximate surface area is 201 Å². The normalized spacial score (nSPS) is 13.3. The molecule has 0 bridgehead atoms. The van der Waals surface area contributed by atoms with E-state index in [9.17, 15) is 9.59 Å². The summed E-state index contributed by atoms with van der Waals surface area (Å²) in [5.41, 5.74) is 1.91. The van der Waals surface area contributed by atoms with Crippen LogP contribution in [0.15, 0.2) is 24.3 Å². The van der Waals surface area contributed by atoms with E-state index in [2.05, 4.69) is 10.1 Å². The first-order chi connectivity index (χ1) is 16.2. The fourth-order valence-electron chi connectivity index (χ4n) is 4.51. The van der Waals surface area contributed by atoms with Crippen molar-refractivity contribution in [2.75, 3.05) is 32.1 Å². The lowest BCUT2D eigenvalue weighted by atomic mass is 10.0. The fraction of sp³-hybridized carbons (Fsp3) is 0.714. The van der Waals surface area contributed by atoms with E-state index in [1.807, 2.05) is 29.2 Å². The first-order valence-corrected chi connectivity index (χ1v) is 13.4. The van der Waals surface area contributed by atoms with E-state index in [-0.39, 0.29) is 11.9 Å². The van der Waals surface area contributed by atoms with Gasteiger partial charge in [0.1, 0.15) is 0 Å². The van der Waals surface area contributed by atoms with E-state index in [4.69, 9.17) is 0 Å². The van der Waals surface area contributed by atoms with Gasteiger partial charge in [0.15, 0.2) is 0 Å². The lowest BCUT2D eigenvalue weighted by Crippen LogP contribution is -2.27. The first kappa shape index (κ1) is 27.2. The number of likely N-dealkylation sites (tertiary alicyclic amines) is 1. The second-order valence-corrected chi connectivity index (χ2v) is 9.43. The van der Waals surface area contributed by atoms with Gasteiger partial charge in [0.05, 0.1) is 7.11 Å². The molecule has 5 heteroatoms. The van der Waals surface area contributed by atoms with Crippen molar-refractivity contribution in [1.29, 1.82) is 0 Å². The topological polar surface area (TPSA) is 58.6 Å². The molecule has 0 atom stereocenters. The van der Waals surface area contributed by atoms with Crippen molar-refractivity contribution < 1.29 is 14.3 Å². The largest absolute Gasteiger partial charge is 0.469 e. The molecule has 1 saturated heterocycles. The van der Waals surface area contributed by atoms with Gasteiger partial charge >= 0.3 is 5.97 Å². The minimum absolute atomic E-state index is 0.0806. The molecule has 5 nitrogen and oxygen atoms in total. The van der Waals surface area contributed by atoms with E-state index in [0.717, 1.165) is 56.6 Å². The van der Waals surface area contributed by atoms with Crippen LogP contribution in [-0.2, 0) is 9.53 Å². The lowest BCUT2D eigenvalue weighted by Gasteiger charge is -2.15. The Morgan fingerprint density at radius 3 is 1.76 bits per heavy atom. The summed E-state index contributed by atoms with van der Waals surface area (Å²) in [7, 11) is 1.46. The van der Waals surface area contributed by atoms with Gasteiger partial charge in [0, 0.05) is 37.3 Å². The Morgan fingerprint density at radius 1 is 0.758 bits per heavy atom. The van der Waals surface area contributed by atoms with E-state index < -0.39 is 0 Å². The molecular formula is C28H46N2O3. The van der Waals surface area contributed by atoms with E-state index in [0.29, 0.717) is 6.42 Å². The number of nitrogens with one attached hydrogen (secondary N) is 1. The Balaban J connectivity index is 1.34. The van der Waals surface area contributed by atoms with Crippen molar-refractivity contribution in [1.82, 2.24) is 4.90 Å². The second kappa shape index (κ2) is 17.4. The van der Waals surface area contributed by atoms with Gasteiger partial charge in [-0.15, -0.1) is 0 Å². The highest BCUT2D eigenvalue weighted by Crippen LogP contribution is 2.16. The van der Waals surface area contributed by atoms with Crippen molar-refractivity contribution >= 4 is 17.6 Å². The number of hydrogen-bond acceptors (Lipinski definition) is 4. The van der Waals surface area contributed by atoms with Crippen LogP contribution in [0.25, 0.3) is 0 Å². The monoisotopic (exact) mass is 458 g/mol. The summed E-state index contributed by atoms with van der Waals surface area (Å²) in [6.07, 6.45) is 19.4. The minimum Gasteiger partial charge on any atom is -0.469 e. The number of esters is 1. The molecular weight excluding hydrogens is 412 g/mol. The first-order valence-electron chi connectivity index (χ1n) is 13.4. The highest BCUT2D eigenvalue weighted by molar-refractivity contribution is 5.94. The number of anilines is 1. The third-order valence-corrected chi connectivity index (χ3v) is 6.64. The Bertz CT molecular complexity index is 654. The molecule has 0 aliphatic carbocycles. The molecule has 0 aromatic heterocycles. The smallest absolute Gasteiger partial charge is 0.305 e. The van der Waals surface area contributed by atoms with Crippen molar-refractivity contribution in [3.8, 4) is 0 Å². The average Bonchev–Trinajstić information content (AvgIpc) is 3.38. The summed E-state index contributed by atoms with van der Waals surface area (Å²) in [5.74, 6) is 0.0921. The van der Waals surface area contributed by atoms with Crippen LogP contribution in [0.5, 0.6) is 0 Å². The van der Waals surface area contributed by atoms with E-state index in [1.54, 1.807) is 0 Å². The molecule has 1 N–H and O–H groups in total. The zero-order chi connectivity index (χ0) is 23.6. The SMILES string of the molecule is COC(=O)CCCCCCCCCCCCCCCNc1ccc(C(=O)N2CCCC2)cc1. The molecule has 1 heterocycles. The summed E-state index contributed by atoms with van der Waals surface area (Å²) in [4.78, 5) is 25.4. The van der Waals surface area contributed by atoms with Crippen LogP contribution >= 0.6 is 0 Å². The summed E-state index contributed by atoms with van der Waals surface area (Å²) in [6, 6.07) is 7.97. The number of carbonyl (C=O) groups excluding carboxylic acids is 2. The van der Waals surface area contributed by atoms with Crippen LogP contribution in [0.2, 0.25) is 0 Å². The van der Waals surface area contributed by atoms with Crippen molar-refractivity contribution in [3.05, 3.63) is 29.8 Å². The maximum Gasteiger partial charge on any atom is 0.305 e. The Kier molecular flexibility index (Phi) is 14.4. The molecule has 2 rings (SSSR count). The number of rotatable bonds is 18. The molecule has 186 valence electrons. The van der Waals surface area contributed by atoms with Gasteiger partial charge in [0.2, 0.25) is 0 Å². The molecule has 1 aliphatic rings. The van der Waals surface area contributed by atoms with Gasteiger partial charge in [-0.05, 0) is 49.9 Å². The third kappa shape index (κ3) is 12.1. The number of benzene rings is 1. The van der Waals surface area contributed by atoms with Crippen molar-refractivity contribution in [2.24, 2.45) is 0 Å². The van der Waals surface area contributed by atoms with Crippen LogP contribution in [0, 0.1) is 0 Å². The number of methoxy groups -OCH3 is 1. The Morgan fingerprint density at radius 2 is 1.24 bits per heavy atom. The van der Waals surface area contributed by atoms with Gasteiger partial charge in [0.25, 0.3) is 5.91 Å². The predicted octanol–water partition coefficient (Wildman–Crippen LogP) is 6.97. The molecule has 1 amide bonds. The van der Waals surface area contributed by atoms with Crippen LogP contribution in [0.4, 0.5) is 5.69 Å². The molecule has 0 radical (unpaired) electrons. The fourth-order valence-corrected chi connectivity index (χ4v) is 4.51. The third-order valence-electron chi connectivity index (χ3n) is 6.64. The number of hydrogen-bond donors (Lipinski definition) is 1. The molecule has 33 heavy (non-hydrogen) atoms. The standard InChI is InChI=1S/C28H46N2O3/c1-33-27(31)17-13-11-9-7-5-3-2-4-6-8-10-12-14-22-29-26-20-18-25(19-21-26)28(32)30-23-15-16-24-30/h18-21,29H,2-17,22-24H2,1H3. The molecule has 1 aromatic carbocycles. The summed E-state index contributed by atoms with van der Waals surface area (Å²) >= 11 is 0. The molecule has 0 spiro atoms.